The first-order valence-corrected chi connectivity index (χ1v) is 7.27. The van der Waals surface area contributed by atoms with E-state index in [9.17, 15) is 4.39 Å². The molecule has 1 heterocycles. The second-order valence-corrected chi connectivity index (χ2v) is 5.15. The summed E-state index contributed by atoms with van der Waals surface area (Å²) >= 11 is 0. The Kier molecular flexibility index (Phi) is 3.81. The molecule has 1 atom stereocenters. The molecule has 3 aromatic rings. The van der Waals surface area contributed by atoms with E-state index in [1.165, 1.54) is 12.1 Å². The number of rotatable bonds is 4. The highest BCUT2D eigenvalue weighted by Crippen LogP contribution is 2.26. The Morgan fingerprint density at radius 1 is 1.23 bits per heavy atom. The predicted molar refractivity (Wildman–Crippen MR) is 84.8 cm³/mol. The Balaban J connectivity index is 2.17. The van der Waals surface area contributed by atoms with Crippen LogP contribution < -0.4 is 10.5 Å². The lowest BCUT2D eigenvalue weighted by Crippen LogP contribution is -2.12. The fraction of sp³-hybridized carbons (Fsp3) is 0.235. The van der Waals surface area contributed by atoms with Crippen molar-refractivity contribution in [2.75, 3.05) is 6.61 Å². The second-order valence-electron chi connectivity index (χ2n) is 5.15. The van der Waals surface area contributed by atoms with Gasteiger partial charge in [-0.25, -0.2) is 9.37 Å². The van der Waals surface area contributed by atoms with Gasteiger partial charge in [0, 0.05) is 11.8 Å². The summed E-state index contributed by atoms with van der Waals surface area (Å²) in [6, 6.07) is 12.0. The molecule has 0 fully saturated rings. The van der Waals surface area contributed by atoms with Gasteiger partial charge in [0.25, 0.3) is 0 Å². The van der Waals surface area contributed by atoms with Gasteiger partial charge in [-0.2, -0.15) is 0 Å². The summed E-state index contributed by atoms with van der Waals surface area (Å²) in [5.41, 5.74) is 8.38. The number of benzene rings is 2. The molecular formula is C17H18FN3O. The number of nitrogens with two attached hydrogens (primary N) is 1. The van der Waals surface area contributed by atoms with Crippen molar-refractivity contribution in [2.24, 2.45) is 5.73 Å². The maximum Gasteiger partial charge on any atom is 0.131 e. The van der Waals surface area contributed by atoms with E-state index in [1.54, 1.807) is 6.07 Å². The number of fused-ring (bicyclic) bond motifs is 1. The van der Waals surface area contributed by atoms with E-state index < -0.39 is 0 Å². The number of halogens is 1. The lowest BCUT2D eigenvalue weighted by atomic mass is 10.2. The predicted octanol–water partition coefficient (Wildman–Crippen LogP) is 3.58. The molecule has 114 valence electrons. The Labute approximate surface area is 128 Å². The van der Waals surface area contributed by atoms with E-state index >= 15 is 0 Å². The van der Waals surface area contributed by atoms with Gasteiger partial charge < -0.3 is 10.5 Å². The molecule has 1 aromatic heterocycles. The van der Waals surface area contributed by atoms with E-state index in [2.05, 4.69) is 4.98 Å². The van der Waals surface area contributed by atoms with Crippen LogP contribution in [0, 0.1) is 5.82 Å². The molecule has 5 heteroatoms. The van der Waals surface area contributed by atoms with Crippen LogP contribution in [0.25, 0.3) is 16.7 Å². The molecule has 2 N–H and O–H groups in total. The molecule has 4 nitrogen and oxygen atoms in total. The smallest absolute Gasteiger partial charge is 0.131 e. The molecule has 0 aliphatic rings. The van der Waals surface area contributed by atoms with Crippen LogP contribution >= 0.6 is 0 Å². The fourth-order valence-corrected chi connectivity index (χ4v) is 2.51. The Hall–Kier alpha value is -2.40. The number of hydrogen-bond acceptors (Lipinski definition) is 3. The summed E-state index contributed by atoms with van der Waals surface area (Å²) in [7, 11) is 0. The second kappa shape index (κ2) is 5.77. The minimum absolute atomic E-state index is 0.262. The minimum atomic E-state index is -0.305. The van der Waals surface area contributed by atoms with Gasteiger partial charge in [-0.05, 0) is 50.2 Å². The summed E-state index contributed by atoms with van der Waals surface area (Å²) in [6.45, 7) is 4.43. The van der Waals surface area contributed by atoms with Gasteiger partial charge in [0.1, 0.15) is 17.4 Å². The van der Waals surface area contributed by atoms with Gasteiger partial charge in [0.15, 0.2) is 0 Å². The van der Waals surface area contributed by atoms with Crippen molar-refractivity contribution >= 4 is 11.0 Å². The summed E-state index contributed by atoms with van der Waals surface area (Å²) < 4.78 is 20.8. The van der Waals surface area contributed by atoms with Crippen LogP contribution in [0.3, 0.4) is 0 Å². The third-order valence-electron chi connectivity index (χ3n) is 3.46. The van der Waals surface area contributed by atoms with E-state index in [4.69, 9.17) is 10.5 Å². The zero-order valence-electron chi connectivity index (χ0n) is 12.6. The van der Waals surface area contributed by atoms with E-state index in [-0.39, 0.29) is 11.9 Å². The van der Waals surface area contributed by atoms with E-state index in [0.717, 1.165) is 17.0 Å². The highest BCUT2D eigenvalue weighted by molar-refractivity contribution is 5.78. The quantitative estimate of drug-likeness (QED) is 0.801. The van der Waals surface area contributed by atoms with Crippen molar-refractivity contribution < 1.29 is 9.13 Å². The van der Waals surface area contributed by atoms with Crippen molar-refractivity contribution in [3.8, 4) is 11.4 Å². The lowest BCUT2D eigenvalue weighted by molar-refractivity contribution is 0.340. The van der Waals surface area contributed by atoms with Gasteiger partial charge in [-0.1, -0.05) is 0 Å². The zero-order valence-corrected chi connectivity index (χ0v) is 12.6. The van der Waals surface area contributed by atoms with Crippen LogP contribution in [0.5, 0.6) is 5.75 Å². The number of aromatic nitrogens is 2. The molecule has 0 aliphatic carbocycles. The standard InChI is InChI=1S/C17H18FN3O/c1-3-22-14-7-5-13(6-8-14)21-16-9-4-12(18)10-15(16)20-17(21)11(2)19/h4-11H,3,19H2,1-2H3. The molecule has 22 heavy (non-hydrogen) atoms. The molecule has 0 bridgehead atoms. The molecule has 0 radical (unpaired) electrons. The first-order valence-electron chi connectivity index (χ1n) is 7.27. The van der Waals surface area contributed by atoms with E-state index in [1.807, 2.05) is 42.7 Å². The van der Waals surface area contributed by atoms with Gasteiger partial charge in [0.2, 0.25) is 0 Å². The molecule has 0 aliphatic heterocycles. The number of nitrogens with zero attached hydrogens (tertiary/aromatic N) is 2. The van der Waals surface area contributed by atoms with Crippen LogP contribution in [-0.4, -0.2) is 16.2 Å². The average Bonchev–Trinajstić information content (AvgIpc) is 2.87. The van der Waals surface area contributed by atoms with Gasteiger partial charge in [-0.3, -0.25) is 4.57 Å². The first-order chi connectivity index (χ1) is 10.6. The summed E-state index contributed by atoms with van der Waals surface area (Å²) in [6.07, 6.45) is 0. The third-order valence-corrected chi connectivity index (χ3v) is 3.46. The summed E-state index contributed by atoms with van der Waals surface area (Å²) in [5.74, 6) is 1.20. The monoisotopic (exact) mass is 299 g/mol. The number of imidazole rings is 1. The average molecular weight is 299 g/mol. The molecule has 3 rings (SSSR count). The van der Waals surface area contributed by atoms with Crippen molar-refractivity contribution in [3.05, 3.63) is 54.1 Å². The maximum absolute atomic E-state index is 13.4. The minimum Gasteiger partial charge on any atom is -0.494 e. The molecular weight excluding hydrogens is 281 g/mol. The van der Waals surface area contributed by atoms with Gasteiger partial charge in [0.05, 0.1) is 23.7 Å². The Morgan fingerprint density at radius 2 is 1.95 bits per heavy atom. The lowest BCUT2D eigenvalue weighted by Gasteiger charge is -2.12. The molecule has 0 spiro atoms. The topological polar surface area (TPSA) is 53.1 Å². The van der Waals surface area contributed by atoms with Crippen LogP contribution in [0.4, 0.5) is 4.39 Å². The van der Waals surface area contributed by atoms with Crippen molar-refractivity contribution in [1.82, 2.24) is 9.55 Å². The molecule has 1 unspecified atom stereocenters. The third kappa shape index (κ3) is 2.55. The van der Waals surface area contributed by atoms with Crippen molar-refractivity contribution in [3.63, 3.8) is 0 Å². The number of hydrogen-bond donors (Lipinski definition) is 1. The molecule has 0 saturated carbocycles. The molecule has 0 amide bonds. The fourth-order valence-electron chi connectivity index (χ4n) is 2.51. The van der Waals surface area contributed by atoms with Crippen LogP contribution in [0.2, 0.25) is 0 Å². The van der Waals surface area contributed by atoms with Crippen molar-refractivity contribution in [1.29, 1.82) is 0 Å². The SMILES string of the molecule is CCOc1ccc(-n2c(C(C)N)nc3cc(F)ccc32)cc1. The van der Waals surface area contributed by atoms with E-state index in [0.29, 0.717) is 17.9 Å². The summed E-state index contributed by atoms with van der Waals surface area (Å²) in [4.78, 5) is 4.47. The highest BCUT2D eigenvalue weighted by Gasteiger charge is 2.16. The van der Waals surface area contributed by atoms with Gasteiger partial charge >= 0.3 is 0 Å². The molecule has 2 aromatic carbocycles. The van der Waals surface area contributed by atoms with Crippen LogP contribution in [0.1, 0.15) is 25.7 Å². The largest absolute Gasteiger partial charge is 0.494 e. The van der Waals surface area contributed by atoms with Crippen LogP contribution in [0.15, 0.2) is 42.5 Å². The first kappa shape index (κ1) is 14.5. The Bertz CT molecular complexity index is 794. The van der Waals surface area contributed by atoms with Crippen molar-refractivity contribution in [2.45, 2.75) is 19.9 Å². The Morgan fingerprint density at radius 3 is 2.59 bits per heavy atom. The maximum atomic E-state index is 13.4. The molecule has 0 saturated heterocycles. The zero-order chi connectivity index (χ0) is 15.7. The summed E-state index contributed by atoms with van der Waals surface area (Å²) in [5, 5.41) is 0. The normalized spacial score (nSPS) is 12.5. The highest BCUT2D eigenvalue weighted by atomic mass is 19.1. The van der Waals surface area contributed by atoms with Gasteiger partial charge in [-0.15, -0.1) is 0 Å². The van der Waals surface area contributed by atoms with Crippen LogP contribution in [-0.2, 0) is 0 Å². The number of ether oxygens (including phenoxy) is 1.